The fourth-order valence-corrected chi connectivity index (χ4v) is 9.39. The van der Waals surface area contributed by atoms with E-state index in [-0.39, 0.29) is 0 Å². The topological polar surface area (TPSA) is 9.86 Å². The van der Waals surface area contributed by atoms with E-state index >= 15 is 0 Å². The summed E-state index contributed by atoms with van der Waals surface area (Å²) < 4.78 is 4.73. The molecule has 270 valence electrons. The minimum atomic E-state index is 1.16. The number of hydrogen-bond acceptors (Lipinski definition) is 0. The molecule has 0 spiro atoms. The zero-order valence-corrected chi connectivity index (χ0v) is 31.7. The van der Waals surface area contributed by atoms with Crippen LogP contribution in [-0.4, -0.2) is 9.13 Å². The third kappa shape index (κ3) is 5.05. The first-order valence-corrected chi connectivity index (χ1v) is 20.0. The molecule has 0 aliphatic carbocycles. The van der Waals surface area contributed by atoms with Crippen LogP contribution in [0.3, 0.4) is 0 Å². The second kappa shape index (κ2) is 12.9. The predicted octanol–water partition coefficient (Wildman–Crippen LogP) is 15.2. The summed E-state index contributed by atoms with van der Waals surface area (Å²) in [6.07, 6.45) is 2.20. The molecule has 12 rings (SSSR count). The Balaban J connectivity index is 0.999. The average molecular weight is 737 g/mol. The molecule has 2 aromatic heterocycles. The largest absolute Gasteiger partial charge is 0.316 e. The molecule has 0 atom stereocenters. The number of para-hydroxylation sites is 2. The Hall–Kier alpha value is -7.68. The van der Waals surface area contributed by atoms with Crippen molar-refractivity contribution in [1.82, 2.24) is 9.13 Å². The van der Waals surface area contributed by atoms with E-state index in [9.17, 15) is 0 Å². The van der Waals surface area contributed by atoms with E-state index in [0.29, 0.717) is 0 Å². The third-order valence-electron chi connectivity index (χ3n) is 12.1. The molecular weight excluding hydrogens is 701 g/mol. The van der Waals surface area contributed by atoms with Crippen molar-refractivity contribution in [2.24, 2.45) is 0 Å². The molecule has 10 aromatic carbocycles. The molecule has 12 aromatic rings. The van der Waals surface area contributed by atoms with Crippen molar-refractivity contribution in [2.45, 2.75) is 0 Å². The van der Waals surface area contributed by atoms with E-state index in [1.165, 1.54) is 98.4 Å². The van der Waals surface area contributed by atoms with Gasteiger partial charge in [0.1, 0.15) is 0 Å². The van der Waals surface area contributed by atoms with Crippen molar-refractivity contribution >= 4 is 65.0 Å². The minimum Gasteiger partial charge on any atom is -0.316 e. The zero-order valence-electron chi connectivity index (χ0n) is 31.7. The van der Waals surface area contributed by atoms with E-state index in [1.807, 2.05) is 0 Å². The monoisotopic (exact) mass is 736 g/mol. The molecular formula is C56H36N2. The molecule has 2 heteroatoms. The third-order valence-corrected chi connectivity index (χ3v) is 12.1. The minimum absolute atomic E-state index is 1.16. The Morgan fingerprint density at radius 3 is 1.36 bits per heavy atom. The van der Waals surface area contributed by atoms with Gasteiger partial charge in [-0.1, -0.05) is 146 Å². The predicted molar refractivity (Wildman–Crippen MR) is 246 cm³/mol. The lowest BCUT2D eigenvalue weighted by Gasteiger charge is -2.14. The highest BCUT2D eigenvalue weighted by Crippen LogP contribution is 2.42. The van der Waals surface area contributed by atoms with Gasteiger partial charge in [0.05, 0.1) is 16.6 Å². The van der Waals surface area contributed by atoms with Gasteiger partial charge in [0, 0.05) is 33.7 Å². The van der Waals surface area contributed by atoms with Gasteiger partial charge in [0.2, 0.25) is 0 Å². The molecule has 0 bridgehead atoms. The summed E-state index contributed by atoms with van der Waals surface area (Å²) in [5, 5.41) is 11.4. The molecule has 0 fully saturated rings. The molecule has 2 heterocycles. The summed E-state index contributed by atoms with van der Waals surface area (Å²) >= 11 is 0. The standard InChI is InChI=1S/C56H36N2/c1-4-13-37(14-5-1)40-23-26-47-48-27-24-41(35-52(48)46-22-11-10-21-45(46)51(47)34-40)38-15-12-16-39(33-38)42-25-29-55-53(36-42)49-28-30-54-50(31-32-57(54)43-17-6-2-7-18-43)56(49)58(55)44-19-8-3-9-20-44/h1-36H. The van der Waals surface area contributed by atoms with Crippen molar-refractivity contribution in [3.05, 3.63) is 219 Å². The molecule has 58 heavy (non-hydrogen) atoms. The van der Waals surface area contributed by atoms with E-state index in [4.69, 9.17) is 0 Å². The summed E-state index contributed by atoms with van der Waals surface area (Å²) in [6.45, 7) is 0. The normalized spacial score (nSPS) is 11.8. The summed E-state index contributed by atoms with van der Waals surface area (Å²) in [5.41, 5.74) is 13.2. The second-order valence-corrected chi connectivity index (χ2v) is 15.3. The fraction of sp³-hybridized carbons (Fsp3) is 0. The molecule has 0 amide bonds. The maximum atomic E-state index is 2.44. The lowest BCUT2D eigenvalue weighted by atomic mass is 9.90. The lowest BCUT2D eigenvalue weighted by Crippen LogP contribution is -1.94. The first-order valence-electron chi connectivity index (χ1n) is 20.0. The van der Waals surface area contributed by atoms with Crippen LogP contribution in [0.4, 0.5) is 0 Å². The highest BCUT2D eigenvalue weighted by atomic mass is 15.0. The summed E-state index contributed by atoms with van der Waals surface area (Å²) in [6, 6.07) is 77.7. The molecule has 2 nitrogen and oxygen atoms in total. The van der Waals surface area contributed by atoms with Crippen LogP contribution >= 0.6 is 0 Å². The molecule has 0 unspecified atom stereocenters. The highest BCUT2D eigenvalue weighted by Gasteiger charge is 2.18. The molecule has 0 saturated heterocycles. The van der Waals surface area contributed by atoms with Gasteiger partial charge in [-0.15, -0.1) is 0 Å². The number of fused-ring (bicyclic) bond motifs is 11. The zero-order chi connectivity index (χ0) is 38.2. The van der Waals surface area contributed by atoms with Crippen LogP contribution in [0.1, 0.15) is 0 Å². The Morgan fingerprint density at radius 1 is 0.241 bits per heavy atom. The quantitative estimate of drug-likeness (QED) is 0.156. The van der Waals surface area contributed by atoms with Crippen LogP contribution in [0.15, 0.2) is 219 Å². The van der Waals surface area contributed by atoms with Crippen LogP contribution in [0, 0.1) is 0 Å². The first kappa shape index (κ1) is 32.6. The van der Waals surface area contributed by atoms with Crippen molar-refractivity contribution in [1.29, 1.82) is 0 Å². The van der Waals surface area contributed by atoms with Crippen LogP contribution in [0.25, 0.3) is 110 Å². The second-order valence-electron chi connectivity index (χ2n) is 15.3. The number of nitrogens with zero attached hydrogens (tertiary/aromatic N) is 2. The van der Waals surface area contributed by atoms with Crippen LogP contribution in [0.5, 0.6) is 0 Å². The average Bonchev–Trinajstić information content (AvgIpc) is 3.89. The maximum Gasteiger partial charge on any atom is 0.0635 e. The lowest BCUT2D eigenvalue weighted by molar-refractivity contribution is 1.13. The van der Waals surface area contributed by atoms with Gasteiger partial charge in [-0.3, -0.25) is 0 Å². The Labute approximate surface area is 336 Å². The Morgan fingerprint density at radius 2 is 0.707 bits per heavy atom. The number of hydrogen-bond donors (Lipinski definition) is 0. The Bertz CT molecular complexity index is 3520. The van der Waals surface area contributed by atoms with Gasteiger partial charge in [-0.2, -0.15) is 0 Å². The van der Waals surface area contributed by atoms with Gasteiger partial charge in [-0.25, -0.2) is 0 Å². The van der Waals surface area contributed by atoms with Gasteiger partial charge >= 0.3 is 0 Å². The van der Waals surface area contributed by atoms with E-state index in [0.717, 1.165) is 11.4 Å². The van der Waals surface area contributed by atoms with Gasteiger partial charge in [0.15, 0.2) is 0 Å². The van der Waals surface area contributed by atoms with E-state index < -0.39 is 0 Å². The summed E-state index contributed by atoms with van der Waals surface area (Å²) in [4.78, 5) is 0. The SMILES string of the molecule is c1ccc(-c2ccc3c4ccc(-c5cccc(-c6ccc7c(c6)c6ccc8c(ccn8-c8ccccc8)c6n7-c6ccccc6)c5)cc4c4ccccc4c3c2)cc1. The van der Waals surface area contributed by atoms with Crippen LogP contribution in [-0.2, 0) is 0 Å². The summed E-state index contributed by atoms with van der Waals surface area (Å²) in [7, 11) is 0. The van der Waals surface area contributed by atoms with Crippen LogP contribution < -0.4 is 0 Å². The first-order chi connectivity index (χ1) is 28.8. The molecule has 0 aliphatic rings. The maximum absolute atomic E-state index is 2.44. The fourth-order valence-electron chi connectivity index (χ4n) is 9.39. The smallest absolute Gasteiger partial charge is 0.0635 e. The molecule has 0 aliphatic heterocycles. The van der Waals surface area contributed by atoms with Gasteiger partial charge in [0.25, 0.3) is 0 Å². The van der Waals surface area contributed by atoms with E-state index in [1.54, 1.807) is 0 Å². The summed E-state index contributed by atoms with van der Waals surface area (Å²) in [5.74, 6) is 0. The Kier molecular flexibility index (Phi) is 7.26. The number of rotatable bonds is 5. The molecule has 0 radical (unpaired) electrons. The van der Waals surface area contributed by atoms with Crippen molar-refractivity contribution in [2.75, 3.05) is 0 Å². The van der Waals surface area contributed by atoms with Gasteiger partial charge < -0.3 is 9.13 Å². The number of aromatic nitrogens is 2. The molecule has 0 N–H and O–H groups in total. The molecule has 0 saturated carbocycles. The van der Waals surface area contributed by atoms with Crippen molar-refractivity contribution in [3.63, 3.8) is 0 Å². The van der Waals surface area contributed by atoms with Crippen molar-refractivity contribution in [3.8, 4) is 44.8 Å². The van der Waals surface area contributed by atoms with E-state index in [2.05, 4.69) is 228 Å². The highest BCUT2D eigenvalue weighted by molar-refractivity contribution is 6.26. The van der Waals surface area contributed by atoms with Crippen molar-refractivity contribution < 1.29 is 0 Å². The van der Waals surface area contributed by atoms with Gasteiger partial charge in [-0.05, 0) is 132 Å². The number of benzene rings is 10. The van der Waals surface area contributed by atoms with Crippen LogP contribution in [0.2, 0.25) is 0 Å².